The average molecular weight is 430 g/mol. The van der Waals surface area contributed by atoms with Crippen molar-refractivity contribution in [3.8, 4) is 11.8 Å². The Balaban J connectivity index is 1.57. The number of fused-ring (bicyclic) bond motifs is 1. The zero-order valence-corrected chi connectivity index (χ0v) is 16.9. The molecule has 0 unspecified atom stereocenters. The molecule has 0 fully saturated rings. The van der Waals surface area contributed by atoms with E-state index in [1.807, 2.05) is 6.07 Å². The van der Waals surface area contributed by atoms with Gasteiger partial charge in [0.1, 0.15) is 0 Å². The van der Waals surface area contributed by atoms with E-state index < -0.39 is 12.0 Å². The number of amides is 2. The molecule has 3 aromatic carbocycles. The number of benzene rings is 3. The van der Waals surface area contributed by atoms with Crippen LogP contribution < -0.4 is 20.4 Å². The fourth-order valence-electron chi connectivity index (χ4n) is 3.00. The standard InChI is InChI=1S/C23H18N4O5/c1-24-23(30)31-22-25-18-12-11-14(13-19(18)26-22)20(28)16-9-5-6-10-17(16)21(29)27-32-15-7-3-2-4-8-15/h2-13H,1H3,(H,24,30)(H,25,26)(H,27,29). The highest BCUT2D eigenvalue weighted by atomic mass is 16.7. The van der Waals surface area contributed by atoms with Gasteiger partial charge in [0, 0.05) is 18.2 Å². The molecule has 0 aliphatic carbocycles. The van der Waals surface area contributed by atoms with Gasteiger partial charge in [-0.2, -0.15) is 10.5 Å². The number of hydrogen-bond donors (Lipinski definition) is 3. The van der Waals surface area contributed by atoms with Crippen molar-refractivity contribution in [2.45, 2.75) is 0 Å². The summed E-state index contributed by atoms with van der Waals surface area (Å²) in [6.07, 6.45) is -0.669. The van der Waals surface area contributed by atoms with E-state index >= 15 is 0 Å². The minimum absolute atomic E-state index is 0.00166. The lowest BCUT2D eigenvalue weighted by atomic mass is 9.98. The first-order valence-electron chi connectivity index (χ1n) is 9.60. The topological polar surface area (TPSA) is 122 Å². The van der Waals surface area contributed by atoms with Crippen LogP contribution in [0.4, 0.5) is 4.79 Å². The summed E-state index contributed by atoms with van der Waals surface area (Å²) in [5, 5.41) is 2.32. The van der Waals surface area contributed by atoms with Gasteiger partial charge in [-0.1, -0.05) is 36.4 Å². The van der Waals surface area contributed by atoms with Crippen molar-refractivity contribution in [1.82, 2.24) is 20.8 Å². The molecule has 160 valence electrons. The first kappa shape index (κ1) is 20.6. The Morgan fingerprint density at radius 2 is 1.62 bits per heavy atom. The fraction of sp³-hybridized carbons (Fsp3) is 0.0435. The van der Waals surface area contributed by atoms with Gasteiger partial charge in [0.2, 0.25) is 0 Å². The lowest BCUT2D eigenvalue weighted by Gasteiger charge is -2.10. The third-order valence-corrected chi connectivity index (χ3v) is 4.54. The number of aromatic nitrogens is 2. The van der Waals surface area contributed by atoms with E-state index in [0.717, 1.165) is 0 Å². The summed E-state index contributed by atoms with van der Waals surface area (Å²) in [5.74, 6) is -0.452. The molecule has 1 heterocycles. The van der Waals surface area contributed by atoms with Crippen LogP contribution in [0.1, 0.15) is 26.3 Å². The molecule has 0 radical (unpaired) electrons. The number of para-hydroxylation sites is 1. The number of imidazole rings is 1. The quantitative estimate of drug-likeness (QED) is 0.319. The van der Waals surface area contributed by atoms with E-state index in [0.29, 0.717) is 22.3 Å². The number of nitrogens with zero attached hydrogens (tertiary/aromatic N) is 1. The van der Waals surface area contributed by atoms with E-state index in [9.17, 15) is 14.4 Å². The number of carbonyl (C=O) groups excluding carboxylic acids is 3. The molecule has 0 atom stereocenters. The third kappa shape index (κ3) is 4.41. The first-order chi connectivity index (χ1) is 15.5. The van der Waals surface area contributed by atoms with Crippen molar-refractivity contribution in [3.63, 3.8) is 0 Å². The van der Waals surface area contributed by atoms with E-state index in [-0.39, 0.29) is 22.9 Å². The molecule has 0 bridgehead atoms. The summed E-state index contributed by atoms with van der Waals surface area (Å²) >= 11 is 0. The summed E-state index contributed by atoms with van der Waals surface area (Å²) in [5.41, 5.74) is 4.09. The summed E-state index contributed by atoms with van der Waals surface area (Å²) < 4.78 is 4.98. The van der Waals surface area contributed by atoms with Gasteiger partial charge in [-0.3, -0.25) is 9.59 Å². The van der Waals surface area contributed by atoms with Crippen LogP contribution in [0.3, 0.4) is 0 Å². The lowest BCUT2D eigenvalue weighted by Crippen LogP contribution is -2.28. The molecule has 0 saturated heterocycles. The number of hydrogen-bond acceptors (Lipinski definition) is 6. The van der Waals surface area contributed by atoms with Crippen LogP contribution in [0.2, 0.25) is 0 Å². The first-order valence-corrected chi connectivity index (χ1v) is 9.60. The highest BCUT2D eigenvalue weighted by Gasteiger charge is 2.19. The smallest absolute Gasteiger partial charge is 0.379 e. The number of aromatic amines is 1. The maximum atomic E-state index is 13.2. The van der Waals surface area contributed by atoms with Crippen molar-refractivity contribution in [2.75, 3.05) is 7.05 Å². The Hall–Kier alpha value is -4.66. The van der Waals surface area contributed by atoms with Crippen LogP contribution in [0, 0.1) is 0 Å². The zero-order chi connectivity index (χ0) is 22.5. The highest BCUT2D eigenvalue weighted by molar-refractivity contribution is 6.16. The normalized spacial score (nSPS) is 10.4. The van der Waals surface area contributed by atoms with Crippen molar-refractivity contribution in [1.29, 1.82) is 0 Å². The van der Waals surface area contributed by atoms with Crippen LogP contribution in [0.25, 0.3) is 11.0 Å². The average Bonchev–Trinajstić information content (AvgIpc) is 3.24. The monoisotopic (exact) mass is 430 g/mol. The molecule has 1 aromatic heterocycles. The molecular formula is C23H18N4O5. The van der Waals surface area contributed by atoms with E-state index in [4.69, 9.17) is 9.57 Å². The van der Waals surface area contributed by atoms with Gasteiger partial charge in [-0.25, -0.2) is 4.79 Å². The van der Waals surface area contributed by atoms with Crippen LogP contribution in [-0.4, -0.2) is 34.8 Å². The molecule has 0 aliphatic rings. The summed E-state index contributed by atoms with van der Waals surface area (Å²) in [6.45, 7) is 0. The van der Waals surface area contributed by atoms with Crippen LogP contribution in [0.15, 0.2) is 72.8 Å². The van der Waals surface area contributed by atoms with Gasteiger partial charge in [0.25, 0.3) is 5.91 Å². The molecule has 0 saturated carbocycles. The molecule has 9 nitrogen and oxygen atoms in total. The summed E-state index contributed by atoms with van der Waals surface area (Å²) in [6, 6.07) is 20.0. The van der Waals surface area contributed by atoms with Crippen LogP contribution >= 0.6 is 0 Å². The van der Waals surface area contributed by atoms with Crippen molar-refractivity contribution in [2.24, 2.45) is 0 Å². The minimum Gasteiger partial charge on any atom is -0.379 e. The molecule has 4 rings (SSSR count). The Kier molecular flexibility index (Phi) is 5.80. The Labute approximate surface area is 182 Å². The number of carbonyl (C=O) groups is 3. The highest BCUT2D eigenvalue weighted by Crippen LogP contribution is 2.21. The Bertz CT molecular complexity index is 1300. The second-order valence-corrected chi connectivity index (χ2v) is 6.63. The molecular weight excluding hydrogens is 412 g/mol. The van der Waals surface area contributed by atoms with Crippen LogP contribution in [0.5, 0.6) is 11.8 Å². The number of hydroxylamine groups is 1. The SMILES string of the molecule is CNC(=O)Oc1nc2ccc(C(=O)c3ccccc3C(=O)NOc3ccccc3)cc2[nH]1. The lowest BCUT2D eigenvalue weighted by molar-refractivity contribution is 0.0756. The van der Waals surface area contributed by atoms with Crippen molar-refractivity contribution in [3.05, 3.63) is 89.5 Å². The maximum absolute atomic E-state index is 13.2. The maximum Gasteiger partial charge on any atom is 0.414 e. The predicted molar refractivity (Wildman–Crippen MR) is 116 cm³/mol. The van der Waals surface area contributed by atoms with Gasteiger partial charge >= 0.3 is 12.1 Å². The van der Waals surface area contributed by atoms with Crippen molar-refractivity contribution < 1.29 is 24.0 Å². The summed E-state index contributed by atoms with van der Waals surface area (Å²) in [7, 11) is 1.43. The number of rotatable bonds is 6. The number of ether oxygens (including phenoxy) is 1. The van der Waals surface area contributed by atoms with Gasteiger partial charge in [0.15, 0.2) is 11.5 Å². The second-order valence-electron chi connectivity index (χ2n) is 6.63. The second kappa shape index (κ2) is 9.00. The molecule has 32 heavy (non-hydrogen) atoms. The molecule has 9 heteroatoms. The van der Waals surface area contributed by atoms with E-state index in [1.54, 1.807) is 66.7 Å². The number of ketones is 1. The Morgan fingerprint density at radius 3 is 2.38 bits per heavy atom. The molecule has 0 spiro atoms. The van der Waals surface area contributed by atoms with Gasteiger partial charge in [-0.15, -0.1) is 0 Å². The number of H-pyrrole nitrogens is 1. The molecule has 4 aromatic rings. The van der Waals surface area contributed by atoms with E-state index in [2.05, 4.69) is 20.8 Å². The molecule has 0 aliphatic heterocycles. The zero-order valence-electron chi connectivity index (χ0n) is 16.9. The molecule has 3 N–H and O–H groups in total. The predicted octanol–water partition coefficient (Wildman–Crippen LogP) is 3.24. The number of nitrogens with one attached hydrogen (secondary N) is 3. The largest absolute Gasteiger partial charge is 0.414 e. The molecule has 2 amide bonds. The van der Waals surface area contributed by atoms with Gasteiger partial charge < -0.3 is 19.9 Å². The Morgan fingerprint density at radius 1 is 0.906 bits per heavy atom. The van der Waals surface area contributed by atoms with Gasteiger partial charge in [-0.05, 0) is 36.4 Å². The van der Waals surface area contributed by atoms with Gasteiger partial charge in [0.05, 0.1) is 16.6 Å². The van der Waals surface area contributed by atoms with Crippen LogP contribution in [-0.2, 0) is 0 Å². The minimum atomic E-state index is -0.669. The summed E-state index contributed by atoms with van der Waals surface area (Å²) in [4.78, 5) is 49.5. The van der Waals surface area contributed by atoms with Crippen molar-refractivity contribution >= 4 is 28.8 Å². The third-order valence-electron chi connectivity index (χ3n) is 4.54. The fourth-order valence-corrected chi connectivity index (χ4v) is 3.00. The van der Waals surface area contributed by atoms with E-state index in [1.165, 1.54) is 7.05 Å².